The number of hydrogen-bond donors (Lipinski definition) is 0. The third-order valence-corrected chi connectivity index (χ3v) is 3.35. The quantitative estimate of drug-likeness (QED) is 0.588. The van der Waals surface area contributed by atoms with Crippen LogP contribution in [-0.4, -0.2) is 24.5 Å². The lowest BCUT2D eigenvalue weighted by Crippen LogP contribution is -2.30. The third-order valence-electron chi connectivity index (χ3n) is 3.35. The predicted molar refractivity (Wildman–Crippen MR) is 70.2 cm³/mol. The predicted octanol–water partition coefficient (Wildman–Crippen LogP) is 4.04. The van der Waals surface area contributed by atoms with Gasteiger partial charge in [0.05, 0.1) is 0 Å². The molecule has 0 fully saturated rings. The number of rotatable bonds is 8. The summed E-state index contributed by atoms with van der Waals surface area (Å²) in [4.78, 5) is 2.59. The Morgan fingerprint density at radius 1 is 1.00 bits per heavy atom. The molecule has 92 valence electrons. The first-order valence-corrected chi connectivity index (χ1v) is 6.73. The van der Waals surface area contributed by atoms with Crippen LogP contribution in [0.25, 0.3) is 0 Å². The molecule has 0 N–H and O–H groups in total. The maximum atomic E-state index is 2.59. The molecule has 0 aliphatic rings. The van der Waals surface area contributed by atoms with Gasteiger partial charge in [-0.05, 0) is 37.3 Å². The van der Waals surface area contributed by atoms with E-state index in [1.807, 2.05) is 0 Å². The molecular weight excluding hydrogens is 182 g/mol. The van der Waals surface area contributed by atoms with Crippen molar-refractivity contribution in [3.05, 3.63) is 0 Å². The fraction of sp³-hybridized carbons (Fsp3) is 1.00. The van der Waals surface area contributed by atoms with Crippen molar-refractivity contribution in [1.82, 2.24) is 4.90 Å². The summed E-state index contributed by atoms with van der Waals surface area (Å²) in [5.74, 6) is 2.54. The molecule has 0 aromatic heterocycles. The van der Waals surface area contributed by atoms with E-state index < -0.39 is 0 Å². The highest BCUT2D eigenvalue weighted by atomic mass is 15.1. The molecule has 1 unspecified atom stereocenters. The SMILES string of the molecule is CCC(CCN(CC)CC(C)C)C(C)C. The molecule has 0 heterocycles. The Morgan fingerprint density at radius 2 is 1.60 bits per heavy atom. The molecule has 0 radical (unpaired) electrons. The second-order valence-electron chi connectivity index (χ2n) is 5.49. The van der Waals surface area contributed by atoms with E-state index in [2.05, 4.69) is 46.4 Å². The maximum absolute atomic E-state index is 2.59. The van der Waals surface area contributed by atoms with Crippen molar-refractivity contribution in [2.45, 2.75) is 54.4 Å². The lowest BCUT2D eigenvalue weighted by atomic mass is 9.90. The molecule has 1 nitrogen and oxygen atoms in total. The van der Waals surface area contributed by atoms with Crippen LogP contribution in [0, 0.1) is 17.8 Å². The van der Waals surface area contributed by atoms with Crippen LogP contribution in [0.2, 0.25) is 0 Å². The Kier molecular flexibility index (Phi) is 8.13. The highest BCUT2D eigenvalue weighted by Crippen LogP contribution is 2.19. The average Bonchev–Trinajstić information content (AvgIpc) is 2.15. The summed E-state index contributed by atoms with van der Waals surface area (Å²) in [6, 6.07) is 0. The van der Waals surface area contributed by atoms with Gasteiger partial charge in [0, 0.05) is 6.54 Å². The fourth-order valence-corrected chi connectivity index (χ4v) is 2.25. The van der Waals surface area contributed by atoms with Crippen LogP contribution in [0.4, 0.5) is 0 Å². The largest absolute Gasteiger partial charge is 0.303 e. The minimum absolute atomic E-state index is 0.795. The zero-order chi connectivity index (χ0) is 11.8. The molecule has 0 saturated carbocycles. The van der Waals surface area contributed by atoms with Gasteiger partial charge in [-0.2, -0.15) is 0 Å². The smallest absolute Gasteiger partial charge is 0.000427 e. The van der Waals surface area contributed by atoms with Gasteiger partial charge in [0.1, 0.15) is 0 Å². The van der Waals surface area contributed by atoms with Crippen LogP contribution in [0.1, 0.15) is 54.4 Å². The Bertz CT molecular complexity index is 140. The summed E-state index contributed by atoms with van der Waals surface area (Å²) in [6.45, 7) is 17.7. The van der Waals surface area contributed by atoms with E-state index in [9.17, 15) is 0 Å². The molecule has 1 atom stereocenters. The van der Waals surface area contributed by atoms with Gasteiger partial charge < -0.3 is 4.90 Å². The van der Waals surface area contributed by atoms with E-state index in [1.165, 1.54) is 32.5 Å². The van der Waals surface area contributed by atoms with Crippen molar-refractivity contribution in [2.75, 3.05) is 19.6 Å². The second-order valence-corrected chi connectivity index (χ2v) is 5.49. The van der Waals surface area contributed by atoms with Crippen molar-refractivity contribution < 1.29 is 0 Å². The first-order valence-electron chi connectivity index (χ1n) is 6.73. The minimum Gasteiger partial charge on any atom is -0.303 e. The first-order chi connectivity index (χ1) is 7.01. The highest BCUT2D eigenvalue weighted by Gasteiger charge is 2.13. The van der Waals surface area contributed by atoms with Crippen molar-refractivity contribution in [3.8, 4) is 0 Å². The molecule has 0 aliphatic heterocycles. The van der Waals surface area contributed by atoms with E-state index in [0.29, 0.717) is 0 Å². The molecular formula is C14H31N. The second kappa shape index (κ2) is 8.15. The molecule has 0 aliphatic carbocycles. The number of nitrogens with zero attached hydrogens (tertiary/aromatic N) is 1. The van der Waals surface area contributed by atoms with E-state index >= 15 is 0 Å². The molecule has 0 spiro atoms. The monoisotopic (exact) mass is 213 g/mol. The maximum Gasteiger partial charge on any atom is 0.000427 e. The molecule has 15 heavy (non-hydrogen) atoms. The van der Waals surface area contributed by atoms with Crippen LogP contribution < -0.4 is 0 Å². The minimum atomic E-state index is 0.795. The normalized spacial score (nSPS) is 14.2. The number of hydrogen-bond acceptors (Lipinski definition) is 1. The van der Waals surface area contributed by atoms with Gasteiger partial charge in [-0.25, -0.2) is 0 Å². The topological polar surface area (TPSA) is 3.24 Å². The van der Waals surface area contributed by atoms with Gasteiger partial charge in [0.15, 0.2) is 0 Å². The molecule has 0 bridgehead atoms. The van der Waals surface area contributed by atoms with Gasteiger partial charge >= 0.3 is 0 Å². The van der Waals surface area contributed by atoms with Gasteiger partial charge in [-0.15, -0.1) is 0 Å². The molecule has 0 amide bonds. The van der Waals surface area contributed by atoms with Gasteiger partial charge in [-0.1, -0.05) is 48.0 Å². The van der Waals surface area contributed by atoms with Crippen LogP contribution in [-0.2, 0) is 0 Å². The summed E-state index contributed by atoms with van der Waals surface area (Å²) in [5.41, 5.74) is 0. The zero-order valence-electron chi connectivity index (χ0n) is 11.7. The van der Waals surface area contributed by atoms with Crippen molar-refractivity contribution >= 4 is 0 Å². The van der Waals surface area contributed by atoms with Crippen molar-refractivity contribution in [2.24, 2.45) is 17.8 Å². The lowest BCUT2D eigenvalue weighted by molar-refractivity contribution is 0.219. The fourth-order valence-electron chi connectivity index (χ4n) is 2.25. The zero-order valence-corrected chi connectivity index (χ0v) is 11.7. The first kappa shape index (κ1) is 15.0. The Hall–Kier alpha value is -0.0400. The third kappa shape index (κ3) is 6.94. The Balaban J connectivity index is 3.87. The van der Waals surface area contributed by atoms with Crippen LogP contribution in [0.3, 0.4) is 0 Å². The molecule has 0 aromatic rings. The van der Waals surface area contributed by atoms with E-state index in [1.54, 1.807) is 0 Å². The Morgan fingerprint density at radius 3 is 1.93 bits per heavy atom. The summed E-state index contributed by atoms with van der Waals surface area (Å²) in [6.07, 6.45) is 2.70. The lowest BCUT2D eigenvalue weighted by Gasteiger charge is -2.26. The summed E-state index contributed by atoms with van der Waals surface area (Å²) < 4.78 is 0. The van der Waals surface area contributed by atoms with Gasteiger partial charge in [0.25, 0.3) is 0 Å². The van der Waals surface area contributed by atoms with E-state index in [4.69, 9.17) is 0 Å². The summed E-state index contributed by atoms with van der Waals surface area (Å²) >= 11 is 0. The van der Waals surface area contributed by atoms with Crippen LogP contribution in [0.5, 0.6) is 0 Å². The Labute approximate surface area is 97.2 Å². The summed E-state index contributed by atoms with van der Waals surface area (Å²) in [7, 11) is 0. The van der Waals surface area contributed by atoms with E-state index in [-0.39, 0.29) is 0 Å². The average molecular weight is 213 g/mol. The summed E-state index contributed by atoms with van der Waals surface area (Å²) in [5, 5.41) is 0. The molecule has 0 saturated heterocycles. The van der Waals surface area contributed by atoms with Gasteiger partial charge in [-0.3, -0.25) is 0 Å². The van der Waals surface area contributed by atoms with Crippen molar-refractivity contribution in [3.63, 3.8) is 0 Å². The molecule has 1 heteroatoms. The molecule has 0 rings (SSSR count). The van der Waals surface area contributed by atoms with Crippen LogP contribution in [0.15, 0.2) is 0 Å². The standard InChI is InChI=1S/C14H31N/c1-7-14(13(5)6)9-10-15(8-2)11-12(3)4/h12-14H,7-11H2,1-6H3. The highest BCUT2D eigenvalue weighted by molar-refractivity contribution is 4.65. The van der Waals surface area contributed by atoms with Gasteiger partial charge in [0.2, 0.25) is 0 Å². The van der Waals surface area contributed by atoms with Crippen LogP contribution >= 0.6 is 0 Å². The molecule has 0 aromatic carbocycles. The van der Waals surface area contributed by atoms with Crippen molar-refractivity contribution in [1.29, 1.82) is 0 Å². The van der Waals surface area contributed by atoms with E-state index in [0.717, 1.165) is 17.8 Å².